The Kier molecular flexibility index (Phi) is 4.86. The van der Waals surface area contributed by atoms with Crippen molar-refractivity contribution in [1.29, 1.82) is 0 Å². The summed E-state index contributed by atoms with van der Waals surface area (Å²) in [4.78, 5) is 30.4. The Morgan fingerprint density at radius 1 is 1.45 bits per heavy atom. The molecule has 7 heteroatoms. The zero-order valence-corrected chi connectivity index (χ0v) is 11.7. The Hall–Kier alpha value is -1.73. The van der Waals surface area contributed by atoms with Gasteiger partial charge in [-0.2, -0.15) is 0 Å². The van der Waals surface area contributed by atoms with Gasteiger partial charge in [0, 0.05) is 17.8 Å². The molecule has 110 valence electrons. The smallest absolute Gasteiger partial charge is 0.254 e. The van der Waals surface area contributed by atoms with E-state index >= 15 is 0 Å². The molecule has 1 aromatic heterocycles. The average molecular weight is 281 g/mol. The Labute approximate surface area is 116 Å². The van der Waals surface area contributed by atoms with E-state index in [0.29, 0.717) is 43.4 Å². The number of ether oxygens (including phenoxy) is 2. The SMILES string of the molecule is Cc1nc(C)c(CC(=O)NC[C@H]2COCCO2)c(=O)[nH]1. The molecule has 0 radical (unpaired) electrons. The van der Waals surface area contributed by atoms with Crippen LogP contribution in [0.4, 0.5) is 0 Å². The standard InChI is InChI=1S/C13H19N3O4/c1-8-11(13(18)16-9(2)15-8)5-12(17)14-6-10-7-19-3-4-20-10/h10H,3-7H2,1-2H3,(H,14,17)(H,15,16,18)/t10-/m0/s1. The quantitative estimate of drug-likeness (QED) is 0.773. The number of hydrogen-bond acceptors (Lipinski definition) is 5. The lowest BCUT2D eigenvalue weighted by atomic mass is 10.1. The van der Waals surface area contributed by atoms with E-state index in [9.17, 15) is 9.59 Å². The minimum atomic E-state index is -0.262. The molecular weight excluding hydrogens is 262 g/mol. The van der Waals surface area contributed by atoms with Gasteiger partial charge in [-0.1, -0.05) is 0 Å². The van der Waals surface area contributed by atoms with E-state index in [0.717, 1.165) is 0 Å². The molecule has 0 unspecified atom stereocenters. The highest BCUT2D eigenvalue weighted by molar-refractivity contribution is 5.78. The molecule has 2 rings (SSSR count). The maximum atomic E-state index is 11.9. The van der Waals surface area contributed by atoms with Gasteiger partial charge in [-0.25, -0.2) is 4.98 Å². The molecule has 20 heavy (non-hydrogen) atoms. The number of aromatic amines is 1. The lowest BCUT2D eigenvalue weighted by Gasteiger charge is -2.23. The Morgan fingerprint density at radius 2 is 2.25 bits per heavy atom. The minimum absolute atomic E-state index is 0.0159. The van der Waals surface area contributed by atoms with E-state index in [1.807, 2.05) is 0 Å². The summed E-state index contributed by atoms with van der Waals surface area (Å²) >= 11 is 0. The highest BCUT2D eigenvalue weighted by atomic mass is 16.6. The minimum Gasteiger partial charge on any atom is -0.376 e. The van der Waals surface area contributed by atoms with Crippen LogP contribution in [-0.4, -0.2) is 48.3 Å². The van der Waals surface area contributed by atoms with Crippen molar-refractivity contribution < 1.29 is 14.3 Å². The largest absolute Gasteiger partial charge is 0.376 e. The van der Waals surface area contributed by atoms with Crippen LogP contribution in [0.15, 0.2) is 4.79 Å². The Balaban J connectivity index is 1.89. The molecule has 1 atom stereocenters. The van der Waals surface area contributed by atoms with Gasteiger partial charge < -0.3 is 19.8 Å². The topological polar surface area (TPSA) is 93.3 Å². The van der Waals surface area contributed by atoms with Crippen LogP contribution in [0.2, 0.25) is 0 Å². The van der Waals surface area contributed by atoms with Gasteiger partial charge in [-0.05, 0) is 13.8 Å². The van der Waals surface area contributed by atoms with Crippen molar-refractivity contribution in [2.75, 3.05) is 26.4 Å². The summed E-state index contributed by atoms with van der Waals surface area (Å²) in [5, 5.41) is 2.75. The number of carbonyl (C=O) groups is 1. The molecule has 0 aromatic carbocycles. The first kappa shape index (κ1) is 14.7. The van der Waals surface area contributed by atoms with Crippen LogP contribution in [0.5, 0.6) is 0 Å². The van der Waals surface area contributed by atoms with Crippen molar-refractivity contribution in [1.82, 2.24) is 15.3 Å². The van der Waals surface area contributed by atoms with E-state index in [4.69, 9.17) is 9.47 Å². The van der Waals surface area contributed by atoms with Crippen molar-refractivity contribution in [3.63, 3.8) is 0 Å². The molecule has 1 aromatic rings. The highest BCUT2D eigenvalue weighted by Crippen LogP contribution is 2.01. The van der Waals surface area contributed by atoms with E-state index < -0.39 is 0 Å². The summed E-state index contributed by atoms with van der Waals surface area (Å²) in [6, 6.07) is 0. The van der Waals surface area contributed by atoms with Gasteiger partial charge >= 0.3 is 0 Å². The predicted molar refractivity (Wildman–Crippen MR) is 71.6 cm³/mol. The van der Waals surface area contributed by atoms with E-state index in [1.54, 1.807) is 13.8 Å². The Morgan fingerprint density at radius 3 is 2.90 bits per heavy atom. The number of carbonyl (C=O) groups excluding carboxylic acids is 1. The van der Waals surface area contributed by atoms with Gasteiger partial charge in [-0.15, -0.1) is 0 Å². The first-order chi connectivity index (χ1) is 9.56. The summed E-state index contributed by atoms with van der Waals surface area (Å²) in [6.07, 6.45) is -0.106. The lowest BCUT2D eigenvalue weighted by molar-refractivity contribution is -0.123. The maximum Gasteiger partial charge on any atom is 0.254 e. The molecule has 1 saturated heterocycles. The predicted octanol–water partition coefficient (Wildman–Crippen LogP) is -0.539. The van der Waals surface area contributed by atoms with Gasteiger partial charge in [0.2, 0.25) is 5.91 Å². The van der Waals surface area contributed by atoms with Crippen molar-refractivity contribution in [2.24, 2.45) is 0 Å². The first-order valence-electron chi connectivity index (χ1n) is 6.58. The van der Waals surface area contributed by atoms with E-state index in [1.165, 1.54) is 0 Å². The molecule has 0 aliphatic carbocycles. The van der Waals surface area contributed by atoms with Crippen LogP contribution >= 0.6 is 0 Å². The first-order valence-corrected chi connectivity index (χ1v) is 6.58. The number of nitrogens with zero attached hydrogens (tertiary/aromatic N) is 1. The second-order valence-corrected chi connectivity index (χ2v) is 4.76. The van der Waals surface area contributed by atoms with Gasteiger partial charge in [-0.3, -0.25) is 9.59 Å². The van der Waals surface area contributed by atoms with E-state index in [2.05, 4.69) is 15.3 Å². The third-order valence-electron chi connectivity index (χ3n) is 3.09. The highest BCUT2D eigenvalue weighted by Gasteiger charge is 2.16. The van der Waals surface area contributed by atoms with Crippen LogP contribution < -0.4 is 10.9 Å². The van der Waals surface area contributed by atoms with Crippen molar-refractivity contribution in [2.45, 2.75) is 26.4 Å². The molecule has 1 amide bonds. The second kappa shape index (κ2) is 6.62. The fourth-order valence-corrected chi connectivity index (χ4v) is 2.06. The maximum absolute atomic E-state index is 11.9. The fourth-order valence-electron chi connectivity index (χ4n) is 2.06. The molecular formula is C13H19N3O4. The Bertz CT molecular complexity index is 535. The lowest BCUT2D eigenvalue weighted by Crippen LogP contribution is -2.40. The summed E-state index contributed by atoms with van der Waals surface area (Å²) < 4.78 is 10.7. The molecule has 1 aliphatic rings. The van der Waals surface area contributed by atoms with Crippen molar-refractivity contribution in [3.05, 3.63) is 27.4 Å². The summed E-state index contributed by atoms with van der Waals surface area (Å²) in [7, 11) is 0. The van der Waals surface area contributed by atoms with Gasteiger partial charge in [0.1, 0.15) is 5.82 Å². The molecule has 7 nitrogen and oxygen atoms in total. The summed E-state index contributed by atoms with van der Waals surface area (Å²) in [5.74, 6) is 0.322. The summed E-state index contributed by atoms with van der Waals surface area (Å²) in [6.45, 7) is 5.43. The average Bonchev–Trinajstić information content (AvgIpc) is 2.42. The number of amides is 1. The molecule has 1 fully saturated rings. The zero-order chi connectivity index (χ0) is 14.5. The fraction of sp³-hybridized carbons (Fsp3) is 0.615. The number of hydrogen-bond donors (Lipinski definition) is 2. The monoisotopic (exact) mass is 281 g/mol. The van der Waals surface area contributed by atoms with Gasteiger partial charge in [0.25, 0.3) is 5.56 Å². The van der Waals surface area contributed by atoms with E-state index in [-0.39, 0.29) is 24.0 Å². The number of aryl methyl sites for hydroxylation is 2. The van der Waals surface area contributed by atoms with Gasteiger partial charge in [0.05, 0.1) is 32.3 Å². The molecule has 0 spiro atoms. The van der Waals surface area contributed by atoms with Crippen LogP contribution in [0.1, 0.15) is 17.1 Å². The third kappa shape index (κ3) is 3.88. The molecule has 1 aliphatic heterocycles. The van der Waals surface area contributed by atoms with Crippen LogP contribution in [0, 0.1) is 13.8 Å². The van der Waals surface area contributed by atoms with Crippen LogP contribution in [-0.2, 0) is 20.7 Å². The molecule has 2 N–H and O–H groups in total. The number of nitrogens with one attached hydrogen (secondary N) is 2. The van der Waals surface area contributed by atoms with Crippen molar-refractivity contribution >= 4 is 5.91 Å². The summed E-state index contributed by atoms with van der Waals surface area (Å²) in [5.41, 5.74) is 0.718. The molecule has 2 heterocycles. The van der Waals surface area contributed by atoms with Crippen LogP contribution in [0.25, 0.3) is 0 Å². The van der Waals surface area contributed by atoms with Crippen molar-refractivity contribution in [3.8, 4) is 0 Å². The zero-order valence-electron chi connectivity index (χ0n) is 11.7. The van der Waals surface area contributed by atoms with Crippen LogP contribution in [0.3, 0.4) is 0 Å². The second-order valence-electron chi connectivity index (χ2n) is 4.76. The number of H-pyrrole nitrogens is 1. The third-order valence-corrected chi connectivity index (χ3v) is 3.09. The number of aromatic nitrogens is 2. The molecule has 0 saturated carbocycles. The van der Waals surface area contributed by atoms with Gasteiger partial charge in [0.15, 0.2) is 0 Å². The molecule has 0 bridgehead atoms. The normalized spacial score (nSPS) is 18.8. The number of rotatable bonds is 4.